The third-order valence-electron chi connectivity index (χ3n) is 4.65. The number of rotatable bonds is 5. The molecule has 0 bridgehead atoms. The summed E-state index contributed by atoms with van der Waals surface area (Å²) in [5, 5.41) is 2.87. The first-order valence-corrected chi connectivity index (χ1v) is 9.83. The van der Waals surface area contributed by atoms with E-state index in [4.69, 9.17) is 9.15 Å². The highest BCUT2D eigenvalue weighted by atomic mass is 32.2. The van der Waals surface area contributed by atoms with Gasteiger partial charge in [0.1, 0.15) is 11.5 Å². The maximum Gasteiger partial charge on any atom is 0.184 e. The van der Waals surface area contributed by atoms with Crippen LogP contribution in [-0.2, 0) is 6.54 Å². The predicted octanol–water partition coefficient (Wildman–Crippen LogP) is 4.58. The van der Waals surface area contributed by atoms with Gasteiger partial charge in [-0.3, -0.25) is 10.9 Å². The quantitative estimate of drug-likeness (QED) is 0.663. The fraction of sp³-hybridized carbons (Fsp3) is 0.190. The lowest BCUT2D eigenvalue weighted by molar-refractivity contribution is 0.415. The van der Waals surface area contributed by atoms with Gasteiger partial charge >= 0.3 is 0 Å². The van der Waals surface area contributed by atoms with E-state index in [2.05, 4.69) is 45.7 Å². The zero-order valence-electron chi connectivity index (χ0n) is 16.0. The Kier molecular flexibility index (Phi) is 5.16. The second kappa shape index (κ2) is 7.90. The van der Waals surface area contributed by atoms with Crippen LogP contribution < -0.4 is 15.6 Å². The Labute approximate surface area is 168 Å². The van der Waals surface area contributed by atoms with Crippen LogP contribution in [0.1, 0.15) is 22.7 Å². The molecule has 7 heteroatoms. The number of benzene rings is 1. The van der Waals surface area contributed by atoms with E-state index in [-0.39, 0.29) is 0 Å². The lowest BCUT2D eigenvalue weighted by Gasteiger charge is -2.19. The Balaban J connectivity index is 1.51. The molecule has 1 aliphatic rings. The number of thioether (sulfide) groups is 1. The number of furan rings is 1. The molecule has 6 nitrogen and oxygen atoms in total. The van der Waals surface area contributed by atoms with E-state index in [1.54, 1.807) is 25.1 Å². The van der Waals surface area contributed by atoms with Crippen LogP contribution in [-0.4, -0.2) is 16.8 Å². The van der Waals surface area contributed by atoms with Gasteiger partial charge in [-0.15, -0.1) is 0 Å². The Morgan fingerprint density at radius 2 is 1.96 bits per heavy atom. The SMILES string of the molecule is COc1ccc(N=C2NNC(c3cc(C)n(Cc4ccco4)c3C)=CS2)cc1. The smallest absolute Gasteiger partial charge is 0.184 e. The molecule has 3 aromatic rings. The van der Waals surface area contributed by atoms with E-state index in [9.17, 15) is 0 Å². The van der Waals surface area contributed by atoms with Crippen LogP contribution in [0.3, 0.4) is 0 Å². The standard InChI is InChI=1S/C21H22N4O2S/c1-14-11-19(15(2)25(14)12-18-5-4-10-27-18)20-13-28-21(24-23-20)22-16-6-8-17(26-3)9-7-16/h4-11,13,23H,12H2,1-3H3,(H,22,24). The van der Waals surface area contributed by atoms with Crippen LogP contribution in [0.15, 0.2) is 63.5 Å². The van der Waals surface area contributed by atoms with Crippen molar-refractivity contribution in [3.05, 3.63) is 76.8 Å². The van der Waals surface area contributed by atoms with Crippen LogP contribution in [0.2, 0.25) is 0 Å². The van der Waals surface area contributed by atoms with Gasteiger partial charge in [0, 0.05) is 22.4 Å². The van der Waals surface area contributed by atoms with Crippen molar-refractivity contribution in [3.63, 3.8) is 0 Å². The van der Waals surface area contributed by atoms with Crippen LogP contribution in [0.4, 0.5) is 5.69 Å². The topological polar surface area (TPSA) is 63.7 Å². The number of aliphatic imine (C=N–C) groups is 1. The third kappa shape index (κ3) is 3.80. The van der Waals surface area contributed by atoms with E-state index in [1.165, 1.54) is 11.4 Å². The molecule has 0 atom stereocenters. The van der Waals surface area contributed by atoms with Crippen LogP contribution in [0.5, 0.6) is 5.75 Å². The van der Waals surface area contributed by atoms with Gasteiger partial charge in [0.25, 0.3) is 0 Å². The van der Waals surface area contributed by atoms with Gasteiger partial charge in [-0.25, -0.2) is 4.99 Å². The average molecular weight is 395 g/mol. The summed E-state index contributed by atoms with van der Waals surface area (Å²) < 4.78 is 12.9. The van der Waals surface area contributed by atoms with Crippen molar-refractivity contribution in [2.24, 2.45) is 4.99 Å². The molecule has 0 radical (unpaired) electrons. The minimum atomic E-state index is 0.725. The molecule has 1 aromatic carbocycles. The molecular weight excluding hydrogens is 372 g/mol. The fourth-order valence-corrected chi connectivity index (χ4v) is 3.81. The maximum atomic E-state index is 5.50. The van der Waals surface area contributed by atoms with Gasteiger partial charge in [0.15, 0.2) is 5.17 Å². The molecule has 4 rings (SSSR count). The number of hydrogen-bond acceptors (Lipinski definition) is 5. The second-order valence-corrected chi connectivity index (χ2v) is 7.32. The first-order chi connectivity index (χ1) is 13.6. The van der Waals surface area contributed by atoms with Gasteiger partial charge in [0.05, 0.1) is 31.3 Å². The second-order valence-electron chi connectivity index (χ2n) is 6.46. The summed E-state index contributed by atoms with van der Waals surface area (Å²) in [7, 11) is 1.65. The van der Waals surface area contributed by atoms with Crippen LogP contribution in [0, 0.1) is 13.8 Å². The van der Waals surface area contributed by atoms with Crippen molar-refractivity contribution in [3.8, 4) is 5.75 Å². The number of aryl methyl sites for hydroxylation is 1. The highest BCUT2D eigenvalue weighted by molar-refractivity contribution is 8.16. The van der Waals surface area contributed by atoms with E-state index < -0.39 is 0 Å². The van der Waals surface area contributed by atoms with Crippen molar-refractivity contribution in [2.45, 2.75) is 20.4 Å². The molecule has 0 saturated heterocycles. The van der Waals surface area contributed by atoms with Crippen molar-refractivity contribution in [1.82, 2.24) is 15.4 Å². The lowest BCUT2D eigenvalue weighted by Crippen LogP contribution is -2.36. The van der Waals surface area contributed by atoms with E-state index >= 15 is 0 Å². The molecule has 0 spiro atoms. The number of amidine groups is 1. The third-order valence-corrected chi connectivity index (χ3v) is 5.42. The summed E-state index contributed by atoms with van der Waals surface area (Å²) in [5.74, 6) is 1.76. The Morgan fingerprint density at radius 3 is 2.61 bits per heavy atom. The highest BCUT2D eigenvalue weighted by Gasteiger charge is 2.17. The molecule has 0 amide bonds. The summed E-state index contributed by atoms with van der Waals surface area (Å²) in [6, 6.07) is 13.7. The molecule has 1 aliphatic heterocycles. The molecule has 2 N–H and O–H groups in total. The molecule has 144 valence electrons. The Bertz CT molecular complexity index is 1020. The van der Waals surface area contributed by atoms with Gasteiger partial charge < -0.3 is 13.7 Å². The largest absolute Gasteiger partial charge is 0.497 e. The summed E-state index contributed by atoms with van der Waals surface area (Å²) in [6.07, 6.45) is 1.71. The molecule has 0 saturated carbocycles. The van der Waals surface area contributed by atoms with Gasteiger partial charge in [-0.1, -0.05) is 11.8 Å². The average Bonchev–Trinajstić information content (AvgIpc) is 3.33. The summed E-state index contributed by atoms with van der Waals surface area (Å²) in [6.45, 7) is 4.96. The number of aromatic nitrogens is 1. The van der Waals surface area contributed by atoms with Gasteiger partial charge in [-0.05, 0) is 56.3 Å². The number of hydrazine groups is 1. The normalized spacial score (nSPS) is 15.1. The minimum absolute atomic E-state index is 0.725. The Morgan fingerprint density at radius 1 is 1.14 bits per heavy atom. The van der Waals surface area contributed by atoms with E-state index in [0.717, 1.165) is 40.2 Å². The van der Waals surface area contributed by atoms with Gasteiger partial charge in [0.2, 0.25) is 0 Å². The predicted molar refractivity (Wildman–Crippen MR) is 114 cm³/mol. The van der Waals surface area contributed by atoms with Crippen molar-refractivity contribution in [1.29, 1.82) is 0 Å². The summed E-state index contributed by atoms with van der Waals surface area (Å²) in [4.78, 5) is 4.60. The fourth-order valence-electron chi connectivity index (χ4n) is 3.13. The highest BCUT2D eigenvalue weighted by Crippen LogP contribution is 2.27. The number of nitrogens with zero attached hydrogens (tertiary/aromatic N) is 2. The maximum absolute atomic E-state index is 5.50. The minimum Gasteiger partial charge on any atom is -0.497 e. The molecule has 2 aromatic heterocycles. The van der Waals surface area contributed by atoms with Crippen molar-refractivity contribution >= 4 is 28.3 Å². The molecule has 3 heterocycles. The van der Waals surface area contributed by atoms with Crippen LogP contribution >= 0.6 is 11.8 Å². The molecule has 0 unspecified atom stereocenters. The van der Waals surface area contributed by atoms with E-state index in [1.807, 2.05) is 36.4 Å². The van der Waals surface area contributed by atoms with Gasteiger partial charge in [-0.2, -0.15) is 0 Å². The molecule has 28 heavy (non-hydrogen) atoms. The first-order valence-electron chi connectivity index (χ1n) is 8.95. The first kappa shape index (κ1) is 18.3. The molecule has 0 fully saturated rings. The molecule has 0 aliphatic carbocycles. The van der Waals surface area contributed by atoms with Crippen molar-refractivity contribution < 1.29 is 9.15 Å². The lowest BCUT2D eigenvalue weighted by atomic mass is 10.2. The summed E-state index contributed by atoms with van der Waals surface area (Å²) >= 11 is 1.56. The number of ether oxygens (including phenoxy) is 1. The van der Waals surface area contributed by atoms with Crippen LogP contribution in [0.25, 0.3) is 5.70 Å². The zero-order valence-corrected chi connectivity index (χ0v) is 16.8. The van der Waals surface area contributed by atoms with E-state index in [0.29, 0.717) is 0 Å². The monoisotopic (exact) mass is 394 g/mol. The molecular formula is C21H22N4O2S. The number of nitrogens with one attached hydrogen (secondary N) is 2. The Hall–Kier alpha value is -3.06. The number of hydrogen-bond donors (Lipinski definition) is 2. The summed E-state index contributed by atoms with van der Waals surface area (Å²) in [5.41, 5.74) is 11.9. The number of methoxy groups -OCH3 is 1. The van der Waals surface area contributed by atoms with Crippen molar-refractivity contribution in [2.75, 3.05) is 7.11 Å². The zero-order chi connectivity index (χ0) is 19.5.